The summed E-state index contributed by atoms with van der Waals surface area (Å²) in [5.74, 6) is 0.716. The number of rotatable bonds is 7. The molecule has 1 atom stereocenters. The topological polar surface area (TPSA) is 84.8 Å². The van der Waals surface area contributed by atoms with E-state index in [4.69, 9.17) is 0 Å². The zero-order valence-corrected chi connectivity index (χ0v) is 16.3. The van der Waals surface area contributed by atoms with Crippen LogP contribution >= 0.6 is 11.3 Å². The summed E-state index contributed by atoms with van der Waals surface area (Å²) in [4.78, 5) is 25.4. The monoisotopic (exact) mass is 390 g/mol. The first-order valence-electron chi connectivity index (χ1n) is 8.81. The zero-order chi connectivity index (χ0) is 18.4. The van der Waals surface area contributed by atoms with Crippen LogP contribution in [0.4, 0.5) is 5.13 Å². The van der Waals surface area contributed by atoms with E-state index in [0.29, 0.717) is 33.1 Å². The van der Waals surface area contributed by atoms with Gasteiger partial charge in [-0.3, -0.25) is 14.3 Å². The summed E-state index contributed by atoms with van der Waals surface area (Å²) in [5.41, 5.74) is 1.20. The third-order valence-corrected chi connectivity index (χ3v) is 6.32. The molecule has 6 nitrogen and oxygen atoms in total. The second-order valence-electron chi connectivity index (χ2n) is 6.22. The largest absolute Gasteiger partial charge is 0.298 e. The minimum Gasteiger partial charge on any atom is -0.298 e. The molecule has 1 unspecified atom stereocenters. The van der Waals surface area contributed by atoms with Gasteiger partial charge in [0.25, 0.3) is 5.91 Å². The summed E-state index contributed by atoms with van der Waals surface area (Å²) >= 11 is 1.38. The molecule has 1 amide bonds. The van der Waals surface area contributed by atoms with Crippen LogP contribution in [0.5, 0.6) is 0 Å². The lowest BCUT2D eigenvalue weighted by Crippen LogP contribution is -2.15. The van der Waals surface area contributed by atoms with Gasteiger partial charge in [0.1, 0.15) is 0 Å². The van der Waals surface area contributed by atoms with Crippen LogP contribution in [-0.4, -0.2) is 30.8 Å². The lowest BCUT2D eigenvalue weighted by Gasteiger charge is -2.10. The van der Waals surface area contributed by atoms with Gasteiger partial charge in [-0.25, -0.2) is 15.0 Å². The van der Waals surface area contributed by atoms with Gasteiger partial charge in [-0.2, -0.15) is 0 Å². The molecule has 0 aromatic carbocycles. The predicted molar refractivity (Wildman–Crippen MR) is 104 cm³/mol. The number of carbonyl (C=O) groups is 1. The highest BCUT2D eigenvalue weighted by atomic mass is 32.2. The number of allylic oxidation sites excluding steroid dienone is 1. The van der Waals surface area contributed by atoms with Gasteiger partial charge in [-0.1, -0.05) is 25.8 Å². The minimum absolute atomic E-state index is 0.210. The molecule has 0 spiro atoms. The van der Waals surface area contributed by atoms with Crippen molar-refractivity contribution in [1.82, 2.24) is 15.0 Å². The molecule has 0 aliphatic heterocycles. The van der Waals surface area contributed by atoms with Crippen molar-refractivity contribution in [2.24, 2.45) is 5.92 Å². The normalized spacial score (nSPS) is 16.6. The highest BCUT2D eigenvalue weighted by Crippen LogP contribution is 2.29. The molecule has 2 aromatic rings. The van der Waals surface area contributed by atoms with Gasteiger partial charge < -0.3 is 0 Å². The zero-order valence-electron chi connectivity index (χ0n) is 14.7. The maximum atomic E-state index is 12.8. The van der Waals surface area contributed by atoms with Crippen molar-refractivity contribution >= 4 is 38.7 Å². The average molecular weight is 391 g/mol. The second kappa shape index (κ2) is 9.14. The number of hydrogen-bond donors (Lipinski definition) is 1. The predicted octanol–water partition coefficient (Wildman–Crippen LogP) is 3.66. The third kappa shape index (κ3) is 4.82. The van der Waals surface area contributed by atoms with Crippen LogP contribution in [0, 0.1) is 5.92 Å². The lowest BCUT2D eigenvalue weighted by molar-refractivity contribution is -0.111. The van der Waals surface area contributed by atoms with Crippen molar-refractivity contribution in [3.05, 3.63) is 35.6 Å². The lowest BCUT2D eigenvalue weighted by atomic mass is 10.00. The highest BCUT2D eigenvalue weighted by molar-refractivity contribution is 7.84. The Morgan fingerprint density at radius 2 is 2.04 bits per heavy atom. The number of aromatic nitrogens is 3. The van der Waals surface area contributed by atoms with Gasteiger partial charge in [0.2, 0.25) is 5.16 Å². The minimum atomic E-state index is -1.20. The van der Waals surface area contributed by atoms with E-state index >= 15 is 0 Å². The van der Waals surface area contributed by atoms with Crippen molar-refractivity contribution in [1.29, 1.82) is 0 Å². The number of amides is 1. The maximum Gasteiger partial charge on any atom is 0.257 e. The van der Waals surface area contributed by atoms with Crippen molar-refractivity contribution in [2.75, 3.05) is 11.1 Å². The van der Waals surface area contributed by atoms with E-state index in [9.17, 15) is 9.00 Å². The molecule has 1 aliphatic rings. The number of thiazole rings is 1. The molecule has 8 heteroatoms. The van der Waals surface area contributed by atoms with Gasteiger partial charge in [0, 0.05) is 40.9 Å². The maximum absolute atomic E-state index is 12.8. The van der Waals surface area contributed by atoms with Crippen LogP contribution in [0.25, 0.3) is 5.57 Å². The van der Waals surface area contributed by atoms with Crippen LogP contribution in [0.2, 0.25) is 0 Å². The Morgan fingerprint density at radius 3 is 2.65 bits per heavy atom. The molecule has 1 N–H and O–H groups in total. The summed E-state index contributed by atoms with van der Waals surface area (Å²) in [6.07, 6.45) is 12.2. The highest BCUT2D eigenvalue weighted by Gasteiger charge is 2.20. The van der Waals surface area contributed by atoms with Crippen LogP contribution in [0.1, 0.15) is 44.6 Å². The number of nitrogens with zero attached hydrogens (tertiary/aromatic N) is 3. The Labute approximate surface area is 159 Å². The molecule has 1 saturated carbocycles. The van der Waals surface area contributed by atoms with Gasteiger partial charge in [-0.05, 0) is 25.2 Å². The fraction of sp³-hybridized carbons (Fsp3) is 0.444. The molecule has 2 aromatic heterocycles. The number of carbonyl (C=O) groups excluding carboxylic acids is 1. The van der Waals surface area contributed by atoms with Crippen molar-refractivity contribution in [3.8, 4) is 0 Å². The van der Waals surface area contributed by atoms with E-state index < -0.39 is 10.8 Å². The fourth-order valence-electron chi connectivity index (χ4n) is 2.96. The Bertz CT molecular complexity index is 782. The first-order chi connectivity index (χ1) is 12.7. The fourth-order valence-corrected chi connectivity index (χ4v) is 4.38. The first-order valence-corrected chi connectivity index (χ1v) is 11.0. The molecule has 3 rings (SSSR count). The van der Waals surface area contributed by atoms with Crippen molar-refractivity contribution in [3.63, 3.8) is 0 Å². The molecule has 138 valence electrons. The number of hydrogen-bond acceptors (Lipinski definition) is 6. The molecule has 1 fully saturated rings. The third-order valence-electron chi connectivity index (χ3n) is 4.23. The van der Waals surface area contributed by atoms with E-state index in [2.05, 4.69) is 20.3 Å². The molecule has 0 bridgehead atoms. The SMILES string of the molecule is CCCS(=O)c1ncc(C(=CC2CCCC2)C(=O)Nc2nccs2)cn1. The number of anilines is 1. The van der Waals surface area contributed by atoms with Crippen LogP contribution < -0.4 is 5.32 Å². The summed E-state index contributed by atoms with van der Waals surface area (Å²) in [6, 6.07) is 0. The van der Waals surface area contributed by atoms with E-state index in [1.165, 1.54) is 24.2 Å². The quantitative estimate of drug-likeness (QED) is 0.576. The smallest absolute Gasteiger partial charge is 0.257 e. The summed E-state index contributed by atoms with van der Waals surface area (Å²) < 4.78 is 12.0. The molecule has 26 heavy (non-hydrogen) atoms. The Kier molecular flexibility index (Phi) is 6.62. The number of nitrogens with one attached hydrogen (secondary N) is 1. The van der Waals surface area contributed by atoms with Crippen LogP contribution in [-0.2, 0) is 15.6 Å². The summed E-state index contributed by atoms with van der Waals surface area (Å²) in [7, 11) is -1.20. The Morgan fingerprint density at radius 1 is 1.31 bits per heavy atom. The molecule has 1 aliphatic carbocycles. The van der Waals surface area contributed by atoms with E-state index in [1.54, 1.807) is 18.6 Å². The second-order valence-corrected chi connectivity index (χ2v) is 8.58. The van der Waals surface area contributed by atoms with Gasteiger partial charge in [-0.15, -0.1) is 11.3 Å². The van der Waals surface area contributed by atoms with E-state index in [-0.39, 0.29) is 5.91 Å². The van der Waals surface area contributed by atoms with E-state index in [1.807, 2.05) is 18.4 Å². The molecule has 2 heterocycles. The van der Waals surface area contributed by atoms with Crippen molar-refractivity contribution in [2.45, 2.75) is 44.2 Å². The molecule has 0 saturated heterocycles. The molecular weight excluding hydrogens is 368 g/mol. The Hall–Kier alpha value is -1.93. The summed E-state index contributed by atoms with van der Waals surface area (Å²) in [6.45, 7) is 1.97. The van der Waals surface area contributed by atoms with Crippen LogP contribution in [0.15, 0.2) is 35.2 Å². The standard InChI is InChI=1S/C18H22N4O2S2/c1-2-9-26(24)18-20-11-14(12-21-18)15(10-13-5-3-4-6-13)16(23)22-17-19-7-8-25-17/h7-8,10-13H,2-6,9H2,1H3,(H,19,22,23). The van der Waals surface area contributed by atoms with Gasteiger partial charge in [0.15, 0.2) is 5.13 Å². The average Bonchev–Trinajstić information content (AvgIpc) is 3.34. The molecule has 0 radical (unpaired) electrons. The van der Waals surface area contributed by atoms with Gasteiger partial charge in [0.05, 0.1) is 10.8 Å². The molecular formula is C18H22N4O2S2. The Balaban J connectivity index is 1.85. The van der Waals surface area contributed by atoms with Crippen molar-refractivity contribution < 1.29 is 9.00 Å². The van der Waals surface area contributed by atoms with Gasteiger partial charge >= 0.3 is 0 Å². The van der Waals surface area contributed by atoms with E-state index in [0.717, 1.165) is 19.3 Å². The summed E-state index contributed by atoms with van der Waals surface area (Å²) in [5, 5.41) is 5.53. The van der Waals surface area contributed by atoms with Crippen LogP contribution in [0.3, 0.4) is 0 Å². The first kappa shape index (κ1) is 18.8.